The van der Waals surface area contributed by atoms with Crippen LogP contribution >= 0.6 is 11.3 Å². The van der Waals surface area contributed by atoms with E-state index in [2.05, 4.69) is 29.0 Å². The quantitative estimate of drug-likeness (QED) is 0.789. The van der Waals surface area contributed by atoms with Crippen molar-refractivity contribution in [3.05, 3.63) is 40.9 Å². The maximum absolute atomic E-state index is 12.5. The van der Waals surface area contributed by atoms with Crippen molar-refractivity contribution < 1.29 is 9.53 Å². The average molecular weight is 374 g/mol. The molecule has 2 unspecified atom stereocenters. The van der Waals surface area contributed by atoms with Gasteiger partial charge in [0, 0.05) is 31.7 Å². The lowest BCUT2D eigenvalue weighted by atomic mass is 10.2. The number of hydrogen-bond acceptors (Lipinski definition) is 5. The molecule has 1 amide bonds. The van der Waals surface area contributed by atoms with Crippen molar-refractivity contribution in [3.63, 3.8) is 0 Å². The van der Waals surface area contributed by atoms with Gasteiger partial charge in [0.2, 0.25) is 0 Å². The van der Waals surface area contributed by atoms with Crippen LogP contribution in [0.3, 0.4) is 0 Å². The van der Waals surface area contributed by atoms with Crippen molar-refractivity contribution in [2.75, 3.05) is 26.2 Å². The van der Waals surface area contributed by atoms with Crippen molar-refractivity contribution in [3.8, 4) is 10.6 Å². The number of nitrogens with zero attached hydrogens (tertiary/aromatic N) is 2. The van der Waals surface area contributed by atoms with Gasteiger partial charge < -0.3 is 10.1 Å². The summed E-state index contributed by atoms with van der Waals surface area (Å²) in [6.45, 7) is 9.71. The standard InChI is InChI=1S/C20H27N3O2S/c1-14-12-23(13-15(2)25-14)11-7-10-21-19(24)18-16(3)22-20(26-18)17-8-5-4-6-9-17/h4-6,8-9,14-15H,7,10-13H2,1-3H3,(H,21,24). The average Bonchev–Trinajstić information content (AvgIpc) is 3.00. The molecule has 1 N–H and O–H groups in total. The molecule has 0 bridgehead atoms. The number of rotatable bonds is 6. The zero-order chi connectivity index (χ0) is 18.5. The molecule has 1 aromatic carbocycles. The van der Waals surface area contributed by atoms with E-state index in [0.29, 0.717) is 11.4 Å². The van der Waals surface area contributed by atoms with Gasteiger partial charge in [-0.05, 0) is 27.2 Å². The van der Waals surface area contributed by atoms with Gasteiger partial charge in [-0.15, -0.1) is 11.3 Å². The third kappa shape index (κ3) is 4.90. The van der Waals surface area contributed by atoms with Crippen molar-refractivity contribution >= 4 is 17.2 Å². The first kappa shape index (κ1) is 19.0. The Morgan fingerprint density at radius 2 is 1.96 bits per heavy atom. The van der Waals surface area contributed by atoms with Gasteiger partial charge in [0.05, 0.1) is 17.9 Å². The lowest BCUT2D eigenvalue weighted by Gasteiger charge is -2.35. The summed E-state index contributed by atoms with van der Waals surface area (Å²) in [7, 11) is 0. The second kappa shape index (κ2) is 8.75. The number of aromatic nitrogens is 1. The first-order valence-electron chi connectivity index (χ1n) is 9.22. The van der Waals surface area contributed by atoms with Gasteiger partial charge in [0.15, 0.2) is 0 Å². The number of carbonyl (C=O) groups excluding carboxylic acids is 1. The molecule has 2 atom stereocenters. The van der Waals surface area contributed by atoms with Gasteiger partial charge in [-0.1, -0.05) is 30.3 Å². The van der Waals surface area contributed by atoms with Gasteiger partial charge in [0.1, 0.15) is 9.88 Å². The van der Waals surface area contributed by atoms with Gasteiger partial charge >= 0.3 is 0 Å². The minimum atomic E-state index is -0.0223. The molecule has 2 heterocycles. The topological polar surface area (TPSA) is 54.5 Å². The number of morpholine rings is 1. The van der Waals surface area contributed by atoms with E-state index in [0.717, 1.165) is 42.3 Å². The number of amides is 1. The predicted molar refractivity (Wildman–Crippen MR) is 106 cm³/mol. The third-order valence-electron chi connectivity index (χ3n) is 4.46. The maximum atomic E-state index is 12.5. The minimum Gasteiger partial charge on any atom is -0.373 e. The van der Waals surface area contributed by atoms with Crippen LogP contribution in [0.4, 0.5) is 0 Å². The second-order valence-electron chi connectivity index (χ2n) is 6.93. The molecule has 26 heavy (non-hydrogen) atoms. The van der Waals surface area contributed by atoms with Crippen molar-refractivity contribution in [2.24, 2.45) is 0 Å². The molecule has 1 aliphatic rings. The Hall–Kier alpha value is -1.76. The minimum absolute atomic E-state index is 0.0223. The van der Waals surface area contributed by atoms with E-state index in [1.807, 2.05) is 37.3 Å². The smallest absolute Gasteiger partial charge is 0.263 e. The third-order valence-corrected chi connectivity index (χ3v) is 5.66. The van der Waals surface area contributed by atoms with Gasteiger partial charge in [0.25, 0.3) is 5.91 Å². The number of carbonyl (C=O) groups is 1. The SMILES string of the molecule is Cc1nc(-c2ccccc2)sc1C(=O)NCCCN1CC(C)OC(C)C1. The largest absolute Gasteiger partial charge is 0.373 e. The van der Waals surface area contributed by atoms with Crippen molar-refractivity contribution in [1.82, 2.24) is 15.2 Å². The Kier molecular flexibility index (Phi) is 6.40. The molecule has 2 aromatic rings. The second-order valence-corrected chi connectivity index (χ2v) is 7.92. The summed E-state index contributed by atoms with van der Waals surface area (Å²) >= 11 is 1.46. The van der Waals surface area contributed by atoms with E-state index in [1.165, 1.54) is 11.3 Å². The number of thiazole rings is 1. The maximum Gasteiger partial charge on any atom is 0.263 e. The number of aryl methyl sites for hydroxylation is 1. The Bertz CT molecular complexity index is 722. The molecule has 0 aliphatic carbocycles. The van der Waals surface area contributed by atoms with E-state index >= 15 is 0 Å². The molecular weight excluding hydrogens is 346 g/mol. The monoisotopic (exact) mass is 373 g/mol. The molecule has 140 valence electrons. The molecule has 6 heteroatoms. The molecule has 1 saturated heterocycles. The molecule has 0 radical (unpaired) electrons. The summed E-state index contributed by atoms with van der Waals surface area (Å²) in [4.78, 5) is 20.2. The predicted octanol–water partition coefficient (Wildman–Crippen LogP) is 3.35. The van der Waals surface area contributed by atoms with Crippen molar-refractivity contribution in [1.29, 1.82) is 0 Å². The Labute approximate surface area is 159 Å². The fourth-order valence-electron chi connectivity index (χ4n) is 3.36. The van der Waals surface area contributed by atoms with Crippen LogP contribution in [0.1, 0.15) is 35.6 Å². The highest BCUT2D eigenvalue weighted by molar-refractivity contribution is 7.17. The zero-order valence-corrected chi connectivity index (χ0v) is 16.5. The van der Waals surface area contributed by atoms with E-state index < -0.39 is 0 Å². The highest BCUT2D eigenvalue weighted by Gasteiger charge is 2.21. The number of benzene rings is 1. The Balaban J connectivity index is 1.49. The molecule has 3 rings (SSSR count). The fraction of sp³-hybridized carbons (Fsp3) is 0.500. The molecule has 1 aliphatic heterocycles. The number of nitrogens with one attached hydrogen (secondary N) is 1. The van der Waals surface area contributed by atoms with Crippen LogP contribution in [-0.4, -0.2) is 54.2 Å². The lowest BCUT2D eigenvalue weighted by Crippen LogP contribution is -2.46. The Morgan fingerprint density at radius 1 is 1.27 bits per heavy atom. The normalized spacial score (nSPS) is 20.9. The Morgan fingerprint density at radius 3 is 2.65 bits per heavy atom. The van der Waals surface area contributed by atoms with Gasteiger partial charge in [-0.2, -0.15) is 0 Å². The van der Waals surface area contributed by atoms with Crippen LogP contribution in [0.15, 0.2) is 30.3 Å². The van der Waals surface area contributed by atoms with E-state index in [-0.39, 0.29) is 18.1 Å². The molecule has 5 nitrogen and oxygen atoms in total. The summed E-state index contributed by atoms with van der Waals surface area (Å²) in [6.07, 6.45) is 1.50. The van der Waals surface area contributed by atoms with Gasteiger partial charge in [-0.3, -0.25) is 9.69 Å². The van der Waals surface area contributed by atoms with Gasteiger partial charge in [-0.25, -0.2) is 4.98 Å². The van der Waals surface area contributed by atoms with Crippen LogP contribution in [-0.2, 0) is 4.74 Å². The number of hydrogen-bond donors (Lipinski definition) is 1. The van der Waals surface area contributed by atoms with Crippen LogP contribution < -0.4 is 5.32 Å². The van der Waals surface area contributed by atoms with E-state index in [9.17, 15) is 4.79 Å². The molecule has 0 saturated carbocycles. The van der Waals surface area contributed by atoms with E-state index in [4.69, 9.17) is 4.74 Å². The fourth-order valence-corrected chi connectivity index (χ4v) is 4.35. The molecule has 1 aromatic heterocycles. The number of ether oxygens (including phenoxy) is 1. The van der Waals surface area contributed by atoms with Crippen LogP contribution in [0.5, 0.6) is 0 Å². The van der Waals surface area contributed by atoms with E-state index in [1.54, 1.807) is 0 Å². The highest BCUT2D eigenvalue weighted by Crippen LogP contribution is 2.27. The van der Waals surface area contributed by atoms with Crippen molar-refractivity contribution in [2.45, 2.75) is 39.4 Å². The summed E-state index contributed by atoms with van der Waals surface area (Å²) in [5, 5.41) is 3.93. The van der Waals surface area contributed by atoms with Crippen LogP contribution in [0.25, 0.3) is 10.6 Å². The van der Waals surface area contributed by atoms with Crippen LogP contribution in [0.2, 0.25) is 0 Å². The molecular formula is C20H27N3O2S. The summed E-state index contributed by atoms with van der Waals surface area (Å²) in [5.74, 6) is -0.0223. The lowest BCUT2D eigenvalue weighted by molar-refractivity contribution is -0.0679. The first-order chi connectivity index (χ1) is 12.5. The summed E-state index contributed by atoms with van der Waals surface area (Å²) in [5.41, 5.74) is 1.84. The summed E-state index contributed by atoms with van der Waals surface area (Å²) < 4.78 is 5.75. The first-order valence-corrected chi connectivity index (χ1v) is 10.0. The molecule has 0 spiro atoms. The highest BCUT2D eigenvalue weighted by atomic mass is 32.1. The summed E-state index contributed by atoms with van der Waals surface area (Å²) in [6, 6.07) is 9.99. The van der Waals surface area contributed by atoms with Crippen LogP contribution in [0, 0.1) is 6.92 Å². The molecule has 1 fully saturated rings. The zero-order valence-electron chi connectivity index (χ0n) is 15.7.